The normalized spacial score (nSPS) is 17.8. The van der Waals surface area contributed by atoms with Crippen molar-refractivity contribution in [3.8, 4) is 5.75 Å². The highest BCUT2D eigenvalue weighted by atomic mass is 35.5. The number of carbonyl (C=O) groups excluding carboxylic acids is 1. The Morgan fingerprint density at radius 2 is 2.22 bits per heavy atom. The van der Waals surface area contributed by atoms with Gasteiger partial charge >= 0.3 is 0 Å². The van der Waals surface area contributed by atoms with E-state index in [-0.39, 0.29) is 12.6 Å². The van der Waals surface area contributed by atoms with Crippen molar-refractivity contribution in [2.45, 2.75) is 38.5 Å². The molecule has 0 radical (unpaired) electrons. The van der Waals surface area contributed by atoms with Crippen LogP contribution in [0.3, 0.4) is 0 Å². The van der Waals surface area contributed by atoms with Crippen molar-refractivity contribution in [1.29, 1.82) is 0 Å². The fourth-order valence-corrected chi connectivity index (χ4v) is 3.61. The lowest BCUT2D eigenvalue weighted by Gasteiger charge is -2.29. The minimum absolute atomic E-state index is 0.191. The number of aldehydes is 1. The first-order valence-corrected chi connectivity index (χ1v) is 8.91. The molecular weight excluding hydrogens is 376 g/mol. The highest BCUT2D eigenvalue weighted by Gasteiger charge is 2.35. The van der Waals surface area contributed by atoms with Gasteiger partial charge in [-0.2, -0.15) is 0 Å². The molecule has 0 aliphatic carbocycles. The van der Waals surface area contributed by atoms with Gasteiger partial charge < -0.3 is 15.3 Å². The number of halogens is 3. The third-order valence-electron chi connectivity index (χ3n) is 4.77. The summed E-state index contributed by atoms with van der Waals surface area (Å²) in [4.78, 5) is 17.8. The summed E-state index contributed by atoms with van der Waals surface area (Å²) in [5.41, 5.74) is 8.99. The summed E-state index contributed by atoms with van der Waals surface area (Å²) in [5.74, 6) is 0.333. The number of alkyl halides is 2. The van der Waals surface area contributed by atoms with Gasteiger partial charge in [0.1, 0.15) is 23.8 Å². The van der Waals surface area contributed by atoms with E-state index in [9.17, 15) is 13.6 Å². The lowest BCUT2D eigenvalue weighted by atomic mass is 10.0. The molecule has 0 fully saturated rings. The maximum atomic E-state index is 12.5. The van der Waals surface area contributed by atoms with Crippen LogP contribution < -0.4 is 10.5 Å². The van der Waals surface area contributed by atoms with Gasteiger partial charge in [-0.3, -0.25) is 4.90 Å². The van der Waals surface area contributed by atoms with Crippen molar-refractivity contribution in [3.63, 3.8) is 0 Å². The van der Waals surface area contributed by atoms with Gasteiger partial charge in [-0.05, 0) is 41.8 Å². The highest BCUT2D eigenvalue weighted by molar-refractivity contribution is 6.30. The minimum Gasteiger partial charge on any atom is -0.488 e. The molecule has 0 saturated carbocycles. The average Bonchev–Trinajstić information content (AvgIpc) is 3.05. The van der Waals surface area contributed by atoms with Crippen molar-refractivity contribution in [3.05, 3.63) is 57.9 Å². The van der Waals surface area contributed by atoms with Crippen LogP contribution in [0.1, 0.15) is 41.3 Å². The Hall–Kier alpha value is -2.09. The smallest absolute Gasteiger partial charge is 0.272 e. The van der Waals surface area contributed by atoms with Gasteiger partial charge in [0.05, 0.1) is 6.04 Å². The molecule has 2 N–H and O–H groups in total. The van der Waals surface area contributed by atoms with E-state index in [2.05, 4.69) is 4.98 Å². The van der Waals surface area contributed by atoms with E-state index in [0.717, 1.165) is 28.5 Å². The van der Waals surface area contributed by atoms with Crippen LogP contribution in [0.15, 0.2) is 30.5 Å². The molecule has 3 rings (SSSR count). The number of aromatic nitrogens is 1. The summed E-state index contributed by atoms with van der Waals surface area (Å²) in [7, 11) is 0. The van der Waals surface area contributed by atoms with Gasteiger partial charge in [0, 0.05) is 30.9 Å². The Bertz CT molecular complexity index is 835. The van der Waals surface area contributed by atoms with Crippen LogP contribution in [0, 0.1) is 0 Å². The van der Waals surface area contributed by atoms with Crippen LogP contribution in [-0.4, -0.2) is 29.2 Å². The quantitative estimate of drug-likeness (QED) is 0.572. The average molecular weight is 396 g/mol. The third-order valence-corrected chi connectivity index (χ3v) is 5.09. The van der Waals surface area contributed by atoms with Gasteiger partial charge in [0.15, 0.2) is 0 Å². The number of hydrogen-bond donors (Lipinski definition) is 1. The Balaban J connectivity index is 1.91. The number of nitrogens with two attached hydrogens (primary N) is 1. The maximum absolute atomic E-state index is 12.5. The SMILES string of the molecule is CC(c1cc(CN)cc(OCC(F)F)c1)N1Cc2c(ccnc2Cl)C1C=O. The molecule has 1 aromatic heterocycles. The van der Waals surface area contributed by atoms with Crippen LogP contribution in [0.4, 0.5) is 8.78 Å². The lowest BCUT2D eigenvalue weighted by molar-refractivity contribution is -0.113. The first-order valence-electron chi connectivity index (χ1n) is 8.53. The van der Waals surface area contributed by atoms with E-state index in [4.69, 9.17) is 22.1 Å². The van der Waals surface area contributed by atoms with Gasteiger partial charge in [-0.15, -0.1) is 0 Å². The van der Waals surface area contributed by atoms with Crippen LogP contribution in [0.25, 0.3) is 0 Å². The molecule has 2 aromatic rings. The largest absolute Gasteiger partial charge is 0.488 e. The summed E-state index contributed by atoms with van der Waals surface area (Å²) in [6.45, 7) is 1.97. The van der Waals surface area contributed by atoms with E-state index in [0.29, 0.717) is 17.4 Å². The van der Waals surface area contributed by atoms with Crippen LogP contribution in [0.5, 0.6) is 5.75 Å². The Labute approximate surface area is 161 Å². The van der Waals surface area contributed by atoms with Gasteiger partial charge in [-0.25, -0.2) is 13.8 Å². The number of fused-ring (bicyclic) bond motifs is 1. The fourth-order valence-electron chi connectivity index (χ4n) is 3.38. The second-order valence-corrected chi connectivity index (χ2v) is 6.77. The van der Waals surface area contributed by atoms with E-state index in [1.54, 1.807) is 24.4 Å². The molecule has 144 valence electrons. The third kappa shape index (κ3) is 4.10. The lowest BCUT2D eigenvalue weighted by Crippen LogP contribution is -2.26. The molecule has 27 heavy (non-hydrogen) atoms. The first kappa shape index (κ1) is 19.7. The molecule has 5 nitrogen and oxygen atoms in total. The standard InChI is InChI=1S/C19H20ClF2N3O2/c1-11(13-4-12(7-23)5-14(6-13)27-10-18(21)22)25-8-16-15(17(25)9-26)2-3-24-19(16)20/h2-6,9,11,17-18H,7-8,10,23H2,1H3. The predicted octanol–water partition coefficient (Wildman–Crippen LogP) is 3.65. The summed E-state index contributed by atoms with van der Waals surface area (Å²) >= 11 is 6.19. The molecule has 1 aromatic carbocycles. The van der Waals surface area contributed by atoms with Crippen molar-refractivity contribution in [2.24, 2.45) is 5.73 Å². The Kier molecular flexibility index (Phi) is 6.04. The fraction of sp³-hybridized carbons (Fsp3) is 0.368. The molecule has 0 spiro atoms. The van der Waals surface area contributed by atoms with Gasteiger partial charge in [0.25, 0.3) is 6.43 Å². The molecule has 8 heteroatoms. The summed E-state index contributed by atoms with van der Waals surface area (Å²) in [6.07, 6.45) is -0.105. The molecule has 0 amide bonds. The number of rotatable bonds is 7. The van der Waals surface area contributed by atoms with E-state index >= 15 is 0 Å². The second-order valence-electron chi connectivity index (χ2n) is 6.42. The van der Waals surface area contributed by atoms with Crippen molar-refractivity contribution < 1.29 is 18.3 Å². The van der Waals surface area contributed by atoms with E-state index < -0.39 is 19.1 Å². The van der Waals surface area contributed by atoms with Crippen LogP contribution in [-0.2, 0) is 17.9 Å². The molecule has 1 aliphatic heterocycles. The number of ether oxygens (including phenoxy) is 1. The zero-order chi connectivity index (χ0) is 19.6. The summed E-state index contributed by atoms with van der Waals surface area (Å²) in [5, 5.41) is 0.380. The van der Waals surface area contributed by atoms with E-state index in [1.807, 2.05) is 17.9 Å². The zero-order valence-electron chi connectivity index (χ0n) is 14.7. The molecular formula is C19H20ClF2N3O2. The molecule has 0 bridgehead atoms. The van der Waals surface area contributed by atoms with Gasteiger partial charge in [-0.1, -0.05) is 17.7 Å². The van der Waals surface area contributed by atoms with Crippen LogP contribution in [0.2, 0.25) is 5.15 Å². The van der Waals surface area contributed by atoms with Crippen LogP contribution >= 0.6 is 11.6 Å². The number of hydrogen-bond acceptors (Lipinski definition) is 5. The van der Waals surface area contributed by atoms with E-state index in [1.165, 1.54) is 0 Å². The number of benzene rings is 1. The number of nitrogens with zero attached hydrogens (tertiary/aromatic N) is 2. The van der Waals surface area contributed by atoms with Crippen molar-refractivity contribution in [2.75, 3.05) is 6.61 Å². The first-order chi connectivity index (χ1) is 12.9. The highest BCUT2D eigenvalue weighted by Crippen LogP contribution is 2.41. The number of pyridine rings is 1. The monoisotopic (exact) mass is 395 g/mol. The number of carbonyl (C=O) groups is 1. The Morgan fingerprint density at radius 1 is 1.44 bits per heavy atom. The summed E-state index contributed by atoms with van der Waals surface area (Å²) < 4.78 is 30.1. The molecule has 2 unspecified atom stereocenters. The van der Waals surface area contributed by atoms with Gasteiger partial charge in [0.2, 0.25) is 0 Å². The zero-order valence-corrected chi connectivity index (χ0v) is 15.5. The topological polar surface area (TPSA) is 68.5 Å². The summed E-state index contributed by atoms with van der Waals surface area (Å²) in [6, 6.07) is 6.39. The molecule has 0 saturated heterocycles. The minimum atomic E-state index is -2.56. The molecule has 1 aliphatic rings. The molecule has 2 heterocycles. The maximum Gasteiger partial charge on any atom is 0.272 e. The molecule has 2 atom stereocenters. The van der Waals surface area contributed by atoms with Crippen molar-refractivity contribution in [1.82, 2.24) is 9.88 Å². The second kappa shape index (κ2) is 8.29. The van der Waals surface area contributed by atoms with Crippen molar-refractivity contribution >= 4 is 17.9 Å². The Morgan fingerprint density at radius 3 is 2.89 bits per heavy atom. The predicted molar refractivity (Wildman–Crippen MR) is 97.8 cm³/mol.